The predicted molar refractivity (Wildman–Crippen MR) is 74.8 cm³/mol. The maximum atomic E-state index is 9.22. The van der Waals surface area contributed by atoms with Crippen molar-refractivity contribution < 1.29 is 0 Å². The van der Waals surface area contributed by atoms with Crippen LogP contribution in [0.5, 0.6) is 0 Å². The van der Waals surface area contributed by atoms with Crippen LogP contribution in [0, 0.1) is 11.3 Å². The second-order valence-corrected chi connectivity index (χ2v) is 5.30. The van der Waals surface area contributed by atoms with Gasteiger partial charge in [-0.1, -0.05) is 18.2 Å². The zero-order chi connectivity index (χ0) is 12.4. The molecule has 0 aliphatic carbocycles. The van der Waals surface area contributed by atoms with Crippen LogP contribution in [0.4, 0.5) is 11.4 Å². The van der Waals surface area contributed by atoms with Crippen LogP contribution in [-0.2, 0) is 0 Å². The van der Waals surface area contributed by atoms with E-state index in [9.17, 15) is 5.26 Å². The van der Waals surface area contributed by atoms with Gasteiger partial charge in [0.25, 0.3) is 0 Å². The maximum Gasteiger partial charge on any atom is 0.116 e. The molecular weight excluding hydrogens is 242 g/mol. The monoisotopic (exact) mass is 255 g/mol. The largest absolute Gasteiger partial charge is 0.376 e. The Bertz CT molecular complexity index is 571. The topological polar surface area (TPSA) is 47.9 Å². The number of para-hydroxylation sites is 2. The summed E-state index contributed by atoms with van der Waals surface area (Å²) in [6, 6.07) is 14.6. The van der Waals surface area contributed by atoms with Crippen LogP contribution >= 0.6 is 11.3 Å². The van der Waals surface area contributed by atoms with Crippen molar-refractivity contribution in [3.8, 4) is 6.07 Å². The Balaban J connectivity index is 1.97. The van der Waals surface area contributed by atoms with Crippen LogP contribution in [0.15, 0.2) is 41.8 Å². The highest BCUT2D eigenvalue weighted by Gasteiger charge is 2.23. The smallest absolute Gasteiger partial charge is 0.116 e. The molecule has 0 saturated carbocycles. The van der Waals surface area contributed by atoms with Gasteiger partial charge in [0.2, 0.25) is 0 Å². The average Bonchev–Trinajstić information content (AvgIpc) is 2.86. The molecule has 1 aliphatic rings. The molecule has 18 heavy (non-hydrogen) atoms. The first-order chi connectivity index (χ1) is 8.86. The zero-order valence-corrected chi connectivity index (χ0v) is 10.6. The van der Waals surface area contributed by atoms with Gasteiger partial charge < -0.3 is 10.6 Å². The first-order valence-electron chi connectivity index (χ1n) is 5.92. The number of hydrogen-bond donors (Lipinski definition) is 2. The molecule has 0 radical (unpaired) electrons. The summed E-state index contributed by atoms with van der Waals surface area (Å²) in [4.78, 5) is 1.27. The second-order valence-electron chi connectivity index (χ2n) is 4.32. The van der Waals surface area contributed by atoms with Crippen LogP contribution in [0.25, 0.3) is 0 Å². The average molecular weight is 255 g/mol. The molecule has 1 aromatic heterocycles. The summed E-state index contributed by atoms with van der Waals surface area (Å²) in [6.45, 7) is 0. The summed E-state index contributed by atoms with van der Waals surface area (Å²) < 4.78 is 0. The van der Waals surface area contributed by atoms with E-state index in [2.05, 4.69) is 28.1 Å². The van der Waals surface area contributed by atoms with E-state index < -0.39 is 0 Å². The Labute approximate surface area is 110 Å². The van der Waals surface area contributed by atoms with Gasteiger partial charge in [0.15, 0.2) is 0 Å². The van der Waals surface area contributed by atoms with E-state index in [-0.39, 0.29) is 12.1 Å². The summed E-state index contributed by atoms with van der Waals surface area (Å²) >= 11 is 1.73. The highest BCUT2D eigenvalue weighted by Crippen LogP contribution is 2.34. The molecule has 1 aliphatic heterocycles. The van der Waals surface area contributed by atoms with E-state index in [0.717, 1.165) is 17.8 Å². The molecule has 3 rings (SSSR count). The lowest BCUT2D eigenvalue weighted by atomic mass is 10.1. The summed E-state index contributed by atoms with van der Waals surface area (Å²) in [6.07, 6.45) is 0.770. The first kappa shape index (κ1) is 11.1. The van der Waals surface area contributed by atoms with Gasteiger partial charge in [0.1, 0.15) is 6.04 Å². The molecule has 0 fully saturated rings. The van der Waals surface area contributed by atoms with E-state index >= 15 is 0 Å². The lowest BCUT2D eigenvalue weighted by Gasteiger charge is -2.16. The number of benzene rings is 1. The Morgan fingerprint density at radius 3 is 2.56 bits per heavy atom. The van der Waals surface area contributed by atoms with Crippen LogP contribution in [-0.4, -0.2) is 6.04 Å². The molecule has 1 aromatic carbocycles. The van der Waals surface area contributed by atoms with Crippen molar-refractivity contribution >= 4 is 22.7 Å². The van der Waals surface area contributed by atoms with Crippen molar-refractivity contribution in [3.63, 3.8) is 0 Å². The third-order valence-electron chi connectivity index (χ3n) is 3.10. The first-order valence-corrected chi connectivity index (χ1v) is 6.80. The summed E-state index contributed by atoms with van der Waals surface area (Å²) in [7, 11) is 0. The van der Waals surface area contributed by atoms with E-state index in [4.69, 9.17) is 0 Å². The standard InChI is InChI=1S/C14H13N3S/c15-9-10-8-13(14-6-3-7-18-14)17-12-5-2-1-4-11(12)16-10/h1-7,10,13,16-17H,8H2/t10-,13+/m1/s1. The minimum absolute atomic E-state index is 0.159. The molecule has 2 atom stereocenters. The van der Waals surface area contributed by atoms with E-state index in [1.54, 1.807) is 11.3 Å². The number of fused-ring (bicyclic) bond motifs is 1. The van der Waals surface area contributed by atoms with Gasteiger partial charge in [-0.3, -0.25) is 0 Å². The fraction of sp³-hybridized carbons (Fsp3) is 0.214. The van der Waals surface area contributed by atoms with E-state index in [1.165, 1.54) is 4.88 Å². The summed E-state index contributed by atoms with van der Waals surface area (Å²) in [5.41, 5.74) is 2.07. The maximum absolute atomic E-state index is 9.22. The number of nitrogens with zero attached hydrogens (tertiary/aromatic N) is 1. The molecule has 90 valence electrons. The Morgan fingerprint density at radius 2 is 1.89 bits per heavy atom. The van der Waals surface area contributed by atoms with Crippen molar-refractivity contribution in [2.45, 2.75) is 18.5 Å². The summed E-state index contributed by atoms with van der Waals surface area (Å²) in [5.74, 6) is 0. The Morgan fingerprint density at radius 1 is 1.11 bits per heavy atom. The van der Waals surface area contributed by atoms with Gasteiger partial charge in [-0.25, -0.2) is 0 Å². The molecule has 0 saturated heterocycles. The second kappa shape index (κ2) is 4.71. The SMILES string of the molecule is N#C[C@H]1C[C@@H](c2cccs2)Nc2ccccc2N1. The summed E-state index contributed by atoms with van der Waals surface area (Å²) in [5, 5.41) is 18.1. The predicted octanol–water partition coefficient (Wildman–Crippen LogP) is 3.61. The molecule has 0 amide bonds. The number of thiophene rings is 1. The van der Waals surface area contributed by atoms with Gasteiger partial charge >= 0.3 is 0 Å². The zero-order valence-electron chi connectivity index (χ0n) is 9.76. The van der Waals surface area contributed by atoms with Crippen LogP contribution in [0.2, 0.25) is 0 Å². The molecule has 2 aromatic rings. The highest BCUT2D eigenvalue weighted by molar-refractivity contribution is 7.10. The number of nitriles is 1. The third-order valence-corrected chi connectivity index (χ3v) is 4.09. The minimum atomic E-state index is -0.159. The fourth-order valence-corrected chi connectivity index (χ4v) is 3.02. The highest BCUT2D eigenvalue weighted by atomic mass is 32.1. The fourth-order valence-electron chi connectivity index (χ4n) is 2.23. The Kier molecular flexibility index (Phi) is 2.91. The van der Waals surface area contributed by atoms with Gasteiger partial charge in [-0.05, 0) is 23.6 Å². The molecule has 2 heterocycles. The molecule has 0 spiro atoms. The third kappa shape index (κ3) is 2.05. The van der Waals surface area contributed by atoms with E-state index in [1.807, 2.05) is 30.3 Å². The lowest BCUT2D eigenvalue weighted by Crippen LogP contribution is -2.19. The molecule has 2 N–H and O–H groups in total. The number of nitrogens with one attached hydrogen (secondary N) is 2. The molecule has 3 nitrogen and oxygen atoms in total. The van der Waals surface area contributed by atoms with Crippen molar-refractivity contribution in [1.29, 1.82) is 5.26 Å². The Hall–Kier alpha value is -1.99. The minimum Gasteiger partial charge on any atom is -0.376 e. The van der Waals surface area contributed by atoms with Crippen molar-refractivity contribution in [2.24, 2.45) is 0 Å². The van der Waals surface area contributed by atoms with Gasteiger partial charge in [0.05, 0.1) is 23.5 Å². The normalized spacial score (nSPS) is 21.9. The van der Waals surface area contributed by atoms with E-state index in [0.29, 0.717) is 0 Å². The van der Waals surface area contributed by atoms with Crippen LogP contribution < -0.4 is 10.6 Å². The number of rotatable bonds is 1. The van der Waals surface area contributed by atoms with Crippen molar-refractivity contribution in [2.75, 3.05) is 10.6 Å². The van der Waals surface area contributed by atoms with Gasteiger partial charge in [-0.2, -0.15) is 5.26 Å². The number of hydrogen-bond acceptors (Lipinski definition) is 4. The molecule has 4 heteroatoms. The quantitative estimate of drug-likeness (QED) is 0.818. The lowest BCUT2D eigenvalue weighted by molar-refractivity contribution is 0.685. The van der Waals surface area contributed by atoms with Crippen molar-refractivity contribution in [1.82, 2.24) is 0 Å². The van der Waals surface area contributed by atoms with Crippen molar-refractivity contribution in [3.05, 3.63) is 46.7 Å². The molecule has 0 unspecified atom stereocenters. The van der Waals surface area contributed by atoms with Crippen LogP contribution in [0.1, 0.15) is 17.3 Å². The number of anilines is 2. The molecular formula is C14H13N3S. The molecule has 0 bridgehead atoms. The van der Waals surface area contributed by atoms with Gasteiger partial charge in [-0.15, -0.1) is 11.3 Å². The van der Waals surface area contributed by atoms with Gasteiger partial charge in [0, 0.05) is 11.3 Å². The van der Waals surface area contributed by atoms with Crippen LogP contribution in [0.3, 0.4) is 0 Å².